The van der Waals surface area contributed by atoms with Crippen LogP contribution in [0.5, 0.6) is 0 Å². The summed E-state index contributed by atoms with van der Waals surface area (Å²) >= 11 is 0. The predicted molar refractivity (Wildman–Crippen MR) is 113 cm³/mol. The summed E-state index contributed by atoms with van der Waals surface area (Å²) < 4.78 is 2.05. The normalized spacial score (nSPS) is 47.8. The Morgan fingerprint density at radius 2 is 1.89 bits per heavy atom. The van der Waals surface area contributed by atoms with Crippen molar-refractivity contribution in [2.45, 2.75) is 83.8 Å². The molecule has 4 aliphatic rings. The lowest BCUT2D eigenvalue weighted by atomic mass is 9.49. The minimum atomic E-state index is -0.403. The van der Waals surface area contributed by atoms with Gasteiger partial charge in [0.05, 0.1) is 12.1 Å². The van der Waals surface area contributed by atoms with Gasteiger partial charge in [-0.15, -0.1) is 0 Å². The van der Waals surface area contributed by atoms with E-state index in [0.29, 0.717) is 11.3 Å². The Hall–Kier alpha value is -1.09. The quantitative estimate of drug-likeness (QED) is 0.705. The van der Waals surface area contributed by atoms with Gasteiger partial charge in [-0.3, -0.25) is 4.68 Å². The van der Waals surface area contributed by atoms with Crippen molar-refractivity contribution in [1.29, 1.82) is 0 Å². The van der Waals surface area contributed by atoms with E-state index in [2.05, 4.69) is 31.7 Å². The molecule has 8 atom stereocenters. The summed E-state index contributed by atoms with van der Waals surface area (Å²) in [6.45, 7) is 10.1. The number of fused-ring (bicyclic) bond motifs is 5. The largest absolute Gasteiger partial charge is 0.390 e. The van der Waals surface area contributed by atoms with E-state index in [4.69, 9.17) is 0 Å². The number of nitrogens with zero attached hydrogens (tertiary/aromatic N) is 2. The summed E-state index contributed by atoms with van der Waals surface area (Å²) in [5.41, 5.74) is 1.44. The van der Waals surface area contributed by atoms with Crippen LogP contribution in [0.3, 0.4) is 0 Å². The van der Waals surface area contributed by atoms with Gasteiger partial charge < -0.3 is 5.11 Å². The van der Waals surface area contributed by atoms with Crippen molar-refractivity contribution in [2.75, 3.05) is 0 Å². The third kappa shape index (κ3) is 3.00. The monoisotopic (exact) mass is 382 g/mol. The molecule has 0 aromatic carbocycles. The van der Waals surface area contributed by atoms with Crippen molar-refractivity contribution < 1.29 is 5.11 Å². The fourth-order valence-electron chi connectivity index (χ4n) is 8.46. The molecule has 5 rings (SSSR count). The van der Waals surface area contributed by atoms with Crippen LogP contribution in [0, 0.1) is 40.9 Å². The molecule has 0 bridgehead atoms. The lowest BCUT2D eigenvalue weighted by molar-refractivity contribution is -0.0979. The molecule has 0 saturated heterocycles. The number of aliphatic hydroxyl groups is 1. The lowest BCUT2D eigenvalue weighted by Gasteiger charge is -2.57. The molecule has 4 aliphatic carbocycles. The predicted octanol–water partition coefficient (Wildman–Crippen LogP) is 5.46. The first-order valence-corrected chi connectivity index (χ1v) is 11.7. The second kappa shape index (κ2) is 6.72. The standard InChI is InChI=1S/C25H38N2O/c1-17(16-27-14-4-13-26-27)22-7-8-23-21-6-5-18-15-24(2,28)11-9-19(18)20(21)10-12-25(22,23)3/h4,13-14,18-23,28H,1,5-12,15-16H2,2-3H3/t18-,19+,20-,21-,22-,23+,24-,25-/m1/s1. The lowest BCUT2D eigenvalue weighted by Crippen LogP contribution is -2.50. The Bertz CT molecular complexity index is 723. The van der Waals surface area contributed by atoms with Crippen LogP contribution in [-0.2, 0) is 6.54 Å². The van der Waals surface area contributed by atoms with E-state index in [9.17, 15) is 5.11 Å². The molecular weight excluding hydrogens is 344 g/mol. The van der Waals surface area contributed by atoms with E-state index in [0.717, 1.165) is 49.0 Å². The smallest absolute Gasteiger partial charge is 0.0622 e. The van der Waals surface area contributed by atoms with Crippen molar-refractivity contribution in [3.63, 3.8) is 0 Å². The van der Waals surface area contributed by atoms with Gasteiger partial charge in [0.1, 0.15) is 0 Å². The maximum Gasteiger partial charge on any atom is 0.0622 e. The molecule has 1 aromatic rings. The molecule has 4 saturated carbocycles. The van der Waals surface area contributed by atoms with Crippen molar-refractivity contribution >= 4 is 0 Å². The summed E-state index contributed by atoms with van der Waals surface area (Å²) in [7, 11) is 0. The Balaban J connectivity index is 1.32. The Labute approximate surface area is 170 Å². The van der Waals surface area contributed by atoms with Crippen molar-refractivity contribution in [1.82, 2.24) is 9.78 Å². The topological polar surface area (TPSA) is 38.0 Å². The summed E-state index contributed by atoms with van der Waals surface area (Å²) in [5, 5.41) is 15.0. The van der Waals surface area contributed by atoms with E-state index < -0.39 is 5.60 Å². The van der Waals surface area contributed by atoms with Crippen molar-refractivity contribution in [3.8, 4) is 0 Å². The van der Waals surface area contributed by atoms with E-state index in [-0.39, 0.29) is 0 Å². The van der Waals surface area contributed by atoms with E-state index in [1.165, 1.54) is 50.5 Å². The third-order valence-electron chi connectivity index (χ3n) is 9.65. The molecule has 3 nitrogen and oxygen atoms in total. The van der Waals surface area contributed by atoms with Crippen LogP contribution in [0.15, 0.2) is 30.6 Å². The molecule has 0 aliphatic heterocycles. The molecular formula is C25H38N2O. The molecule has 0 unspecified atom stereocenters. The summed E-state index contributed by atoms with van der Waals surface area (Å²) in [4.78, 5) is 0. The zero-order chi connectivity index (χ0) is 19.5. The molecule has 154 valence electrons. The van der Waals surface area contributed by atoms with Crippen LogP contribution in [-0.4, -0.2) is 20.5 Å². The molecule has 0 radical (unpaired) electrons. The van der Waals surface area contributed by atoms with Gasteiger partial charge >= 0.3 is 0 Å². The van der Waals surface area contributed by atoms with Gasteiger partial charge in [-0.25, -0.2) is 0 Å². The third-order valence-corrected chi connectivity index (χ3v) is 9.65. The number of hydrogen-bond donors (Lipinski definition) is 1. The number of aromatic nitrogens is 2. The fraction of sp³-hybridized carbons (Fsp3) is 0.800. The maximum absolute atomic E-state index is 10.6. The number of allylic oxidation sites excluding steroid dienone is 1. The highest BCUT2D eigenvalue weighted by Crippen LogP contribution is 2.65. The Kier molecular flexibility index (Phi) is 4.54. The first-order valence-electron chi connectivity index (χ1n) is 11.7. The summed E-state index contributed by atoms with van der Waals surface area (Å²) in [6, 6.07) is 2.01. The van der Waals surface area contributed by atoms with Crippen molar-refractivity contribution in [3.05, 3.63) is 30.6 Å². The van der Waals surface area contributed by atoms with Crippen molar-refractivity contribution in [2.24, 2.45) is 40.9 Å². The maximum atomic E-state index is 10.6. The summed E-state index contributed by atoms with van der Waals surface area (Å²) in [5.74, 6) is 5.05. The van der Waals surface area contributed by atoms with E-state index in [1.54, 1.807) is 0 Å². The Morgan fingerprint density at radius 3 is 2.68 bits per heavy atom. The molecule has 0 amide bonds. The van der Waals surface area contributed by atoms with Gasteiger partial charge in [-0.2, -0.15) is 5.10 Å². The first-order chi connectivity index (χ1) is 13.4. The molecule has 4 fully saturated rings. The minimum absolute atomic E-state index is 0.403. The number of rotatable bonds is 3. The average Bonchev–Trinajstić information content (AvgIpc) is 3.27. The van der Waals surface area contributed by atoms with Crippen LogP contribution >= 0.6 is 0 Å². The molecule has 1 N–H and O–H groups in total. The van der Waals surface area contributed by atoms with E-state index >= 15 is 0 Å². The van der Waals surface area contributed by atoms with Crippen LogP contribution in [0.4, 0.5) is 0 Å². The van der Waals surface area contributed by atoms with Crippen LogP contribution in [0.25, 0.3) is 0 Å². The van der Waals surface area contributed by atoms with Gasteiger partial charge in [0.2, 0.25) is 0 Å². The highest BCUT2D eigenvalue weighted by Gasteiger charge is 2.57. The number of hydrogen-bond acceptors (Lipinski definition) is 2. The van der Waals surface area contributed by atoms with Crippen LogP contribution in [0.2, 0.25) is 0 Å². The SMILES string of the molecule is C=C(Cn1cccn1)[C@H]1CC[C@H]2[C@@H]3CC[C@@H]4C[C@](C)(O)CC[C@@H]4[C@H]3CC[C@]12C. The second-order valence-electron chi connectivity index (χ2n) is 11.2. The highest BCUT2D eigenvalue weighted by atomic mass is 16.3. The van der Waals surface area contributed by atoms with Gasteiger partial charge in [0.25, 0.3) is 0 Å². The highest BCUT2D eigenvalue weighted by molar-refractivity contribution is 5.15. The molecule has 0 spiro atoms. The molecule has 1 aromatic heterocycles. The van der Waals surface area contributed by atoms with Gasteiger partial charge in [-0.05, 0) is 112 Å². The fourth-order valence-corrected chi connectivity index (χ4v) is 8.46. The average molecular weight is 383 g/mol. The first kappa shape index (κ1) is 18.9. The zero-order valence-electron chi connectivity index (χ0n) is 17.8. The van der Waals surface area contributed by atoms with Crippen LogP contribution < -0.4 is 0 Å². The van der Waals surface area contributed by atoms with Gasteiger partial charge in [0.15, 0.2) is 0 Å². The van der Waals surface area contributed by atoms with E-state index in [1.807, 2.05) is 16.9 Å². The second-order valence-corrected chi connectivity index (χ2v) is 11.2. The van der Waals surface area contributed by atoms with Gasteiger partial charge in [-0.1, -0.05) is 19.1 Å². The summed E-state index contributed by atoms with van der Waals surface area (Å²) in [6.07, 6.45) is 15.5. The van der Waals surface area contributed by atoms with Gasteiger partial charge in [0, 0.05) is 12.4 Å². The molecule has 28 heavy (non-hydrogen) atoms. The molecule has 1 heterocycles. The Morgan fingerprint density at radius 1 is 1.07 bits per heavy atom. The van der Waals surface area contributed by atoms with Crippen LogP contribution in [0.1, 0.15) is 71.6 Å². The molecule has 3 heteroatoms. The zero-order valence-corrected chi connectivity index (χ0v) is 17.8. The minimum Gasteiger partial charge on any atom is -0.390 e.